The van der Waals surface area contributed by atoms with Crippen LogP contribution in [0.2, 0.25) is 0 Å². The van der Waals surface area contributed by atoms with Crippen molar-refractivity contribution in [2.24, 2.45) is 0 Å². The molecule has 19 heavy (non-hydrogen) atoms. The summed E-state index contributed by atoms with van der Waals surface area (Å²) < 4.78 is 0. The van der Waals surface area contributed by atoms with Crippen molar-refractivity contribution < 1.29 is 19.8 Å². The Kier molecular flexibility index (Phi) is 3.19. The molecule has 2 rings (SSSR count). The van der Waals surface area contributed by atoms with Crippen LogP contribution in [0.4, 0.5) is 5.69 Å². The maximum absolute atomic E-state index is 11.9. The van der Waals surface area contributed by atoms with E-state index in [1.165, 1.54) is 18.3 Å². The molecule has 0 saturated carbocycles. The number of rotatable bonds is 3. The number of aromatic carboxylic acids is 1. The van der Waals surface area contributed by atoms with E-state index in [4.69, 9.17) is 5.11 Å². The van der Waals surface area contributed by atoms with Crippen molar-refractivity contribution in [3.05, 3.63) is 41.5 Å². The number of carbonyl (C=O) groups excluding carboxylic acids is 1. The number of aromatic nitrogens is 2. The van der Waals surface area contributed by atoms with E-state index in [9.17, 15) is 14.7 Å². The molecule has 2 heterocycles. The number of anilines is 1. The van der Waals surface area contributed by atoms with Gasteiger partial charge in [-0.15, -0.1) is 0 Å². The van der Waals surface area contributed by atoms with Crippen LogP contribution in [0, 0.1) is 6.92 Å². The largest absolute Gasteiger partial charge is 0.505 e. The van der Waals surface area contributed by atoms with Crippen LogP contribution < -0.4 is 5.32 Å². The molecule has 98 valence electrons. The van der Waals surface area contributed by atoms with Gasteiger partial charge in [0, 0.05) is 11.9 Å². The molecule has 0 radical (unpaired) electrons. The molecule has 0 aliphatic carbocycles. The molecule has 0 spiro atoms. The number of aryl methyl sites for hydroxylation is 1. The van der Waals surface area contributed by atoms with Crippen LogP contribution in [0.15, 0.2) is 24.5 Å². The lowest BCUT2D eigenvalue weighted by atomic mass is 10.2. The Labute approximate surface area is 107 Å². The Hall–Kier alpha value is -2.83. The number of pyridine rings is 1. The van der Waals surface area contributed by atoms with Crippen molar-refractivity contribution in [1.82, 2.24) is 9.97 Å². The van der Waals surface area contributed by atoms with E-state index < -0.39 is 11.9 Å². The van der Waals surface area contributed by atoms with Crippen LogP contribution in [-0.2, 0) is 0 Å². The third-order valence-corrected chi connectivity index (χ3v) is 2.46. The lowest BCUT2D eigenvalue weighted by Gasteiger charge is -2.05. The maximum atomic E-state index is 11.9. The van der Waals surface area contributed by atoms with Gasteiger partial charge in [-0.3, -0.25) is 9.78 Å². The van der Waals surface area contributed by atoms with Crippen LogP contribution in [-0.4, -0.2) is 32.1 Å². The first-order valence-electron chi connectivity index (χ1n) is 5.36. The predicted molar refractivity (Wildman–Crippen MR) is 66.3 cm³/mol. The minimum atomic E-state index is -1.18. The fourth-order valence-corrected chi connectivity index (χ4v) is 1.62. The van der Waals surface area contributed by atoms with Crippen molar-refractivity contribution in [2.75, 3.05) is 5.32 Å². The fourth-order valence-electron chi connectivity index (χ4n) is 1.62. The highest BCUT2D eigenvalue weighted by Crippen LogP contribution is 2.20. The molecule has 4 N–H and O–H groups in total. The molecule has 0 aromatic carbocycles. The minimum Gasteiger partial charge on any atom is -0.505 e. The summed E-state index contributed by atoms with van der Waals surface area (Å²) in [7, 11) is 0. The van der Waals surface area contributed by atoms with E-state index in [1.807, 2.05) is 0 Å². The molecule has 2 aromatic heterocycles. The lowest BCUT2D eigenvalue weighted by Crippen LogP contribution is -2.14. The Balaban J connectivity index is 2.29. The molecule has 7 nitrogen and oxygen atoms in total. The zero-order valence-electron chi connectivity index (χ0n) is 9.97. The molecular weight excluding hydrogens is 250 g/mol. The van der Waals surface area contributed by atoms with Crippen LogP contribution in [0.1, 0.15) is 26.5 Å². The third kappa shape index (κ3) is 2.54. The number of amides is 1. The van der Waals surface area contributed by atoms with Gasteiger partial charge >= 0.3 is 5.97 Å². The van der Waals surface area contributed by atoms with Gasteiger partial charge in [0.2, 0.25) is 0 Å². The van der Waals surface area contributed by atoms with Gasteiger partial charge in [-0.1, -0.05) is 0 Å². The highest BCUT2D eigenvalue weighted by atomic mass is 16.4. The van der Waals surface area contributed by atoms with Gasteiger partial charge in [0.05, 0.1) is 17.4 Å². The minimum absolute atomic E-state index is 0.0187. The van der Waals surface area contributed by atoms with Gasteiger partial charge < -0.3 is 20.5 Å². The number of carboxylic acids is 1. The summed E-state index contributed by atoms with van der Waals surface area (Å²) in [5, 5.41) is 20.9. The van der Waals surface area contributed by atoms with Gasteiger partial charge in [0.1, 0.15) is 11.4 Å². The molecule has 2 aromatic rings. The smallest absolute Gasteiger partial charge is 0.354 e. The molecule has 0 bridgehead atoms. The molecule has 0 atom stereocenters. The maximum Gasteiger partial charge on any atom is 0.354 e. The van der Waals surface area contributed by atoms with Crippen LogP contribution in [0.5, 0.6) is 5.75 Å². The monoisotopic (exact) mass is 261 g/mol. The summed E-state index contributed by atoms with van der Waals surface area (Å²) in [6.45, 7) is 1.67. The Morgan fingerprint density at radius 2 is 2.16 bits per heavy atom. The van der Waals surface area contributed by atoms with Crippen molar-refractivity contribution in [3.63, 3.8) is 0 Å². The standard InChI is InChI=1S/C12H11N3O4/c1-6-4-8(10(14-6)12(18)19)15-11(17)7-2-3-13-5-9(7)16/h2-5,14,16H,1H3,(H,15,17)(H,18,19). The number of H-pyrrole nitrogens is 1. The summed E-state index contributed by atoms with van der Waals surface area (Å²) >= 11 is 0. The summed E-state index contributed by atoms with van der Waals surface area (Å²) in [4.78, 5) is 29.2. The highest BCUT2D eigenvalue weighted by molar-refractivity contribution is 6.08. The van der Waals surface area contributed by atoms with E-state index in [0.29, 0.717) is 5.69 Å². The fraction of sp³-hybridized carbons (Fsp3) is 0.0833. The van der Waals surface area contributed by atoms with Crippen LogP contribution in [0.25, 0.3) is 0 Å². The van der Waals surface area contributed by atoms with Gasteiger partial charge in [0.15, 0.2) is 0 Å². The lowest BCUT2D eigenvalue weighted by molar-refractivity contribution is 0.0692. The predicted octanol–water partition coefficient (Wildman–Crippen LogP) is 1.37. The molecule has 0 aliphatic rings. The average Bonchev–Trinajstić information content (AvgIpc) is 2.70. The number of carboxylic acid groups (broad SMARTS) is 1. The summed E-state index contributed by atoms with van der Waals surface area (Å²) in [5.41, 5.74) is 0.655. The first kappa shape index (κ1) is 12.6. The average molecular weight is 261 g/mol. The van der Waals surface area contributed by atoms with Crippen molar-refractivity contribution >= 4 is 17.6 Å². The van der Waals surface area contributed by atoms with Crippen molar-refractivity contribution in [1.29, 1.82) is 0 Å². The summed E-state index contributed by atoms with van der Waals surface area (Å²) in [6.07, 6.45) is 2.49. The SMILES string of the molecule is Cc1cc(NC(=O)c2ccncc2O)c(C(=O)O)[nH]1. The molecule has 0 fully saturated rings. The van der Waals surface area contributed by atoms with Gasteiger partial charge in [0.25, 0.3) is 5.91 Å². The number of nitrogens with zero attached hydrogens (tertiary/aromatic N) is 1. The molecule has 0 aliphatic heterocycles. The van der Waals surface area contributed by atoms with Crippen molar-refractivity contribution in [2.45, 2.75) is 6.92 Å². The molecular formula is C12H11N3O4. The first-order chi connectivity index (χ1) is 8.99. The number of hydrogen-bond acceptors (Lipinski definition) is 4. The normalized spacial score (nSPS) is 10.2. The molecule has 7 heteroatoms. The topological polar surface area (TPSA) is 115 Å². The van der Waals surface area contributed by atoms with E-state index in [2.05, 4.69) is 15.3 Å². The molecule has 0 saturated heterocycles. The second-order valence-electron chi connectivity index (χ2n) is 3.89. The zero-order chi connectivity index (χ0) is 14.0. The number of carbonyl (C=O) groups is 2. The Morgan fingerprint density at radius 1 is 1.42 bits per heavy atom. The van der Waals surface area contributed by atoms with E-state index in [-0.39, 0.29) is 22.7 Å². The molecule has 1 amide bonds. The second kappa shape index (κ2) is 4.81. The van der Waals surface area contributed by atoms with E-state index in [0.717, 1.165) is 6.20 Å². The Morgan fingerprint density at radius 3 is 2.79 bits per heavy atom. The van der Waals surface area contributed by atoms with E-state index in [1.54, 1.807) is 6.92 Å². The quantitative estimate of drug-likeness (QED) is 0.666. The summed E-state index contributed by atoms with van der Waals surface area (Å²) in [5.74, 6) is -2.06. The number of nitrogens with one attached hydrogen (secondary N) is 2. The molecule has 0 unspecified atom stereocenters. The zero-order valence-corrected chi connectivity index (χ0v) is 9.97. The van der Waals surface area contributed by atoms with Crippen LogP contribution in [0.3, 0.4) is 0 Å². The Bertz CT molecular complexity index is 648. The first-order valence-corrected chi connectivity index (χ1v) is 5.36. The van der Waals surface area contributed by atoms with Gasteiger partial charge in [-0.25, -0.2) is 4.79 Å². The summed E-state index contributed by atoms with van der Waals surface area (Å²) in [6, 6.07) is 2.84. The van der Waals surface area contributed by atoms with Crippen LogP contribution >= 0.6 is 0 Å². The van der Waals surface area contributed by atoms with E-state index >= 15 is 0 Å². The van der Waals surface area contributed by atoms with Crippen molar-refractivity contribution in [3.8, 4) is 5.75 Å². The van der Waals surface area contributed by atoms with Gasteiger partial charge in [-0.2, -0.15) is 0 Å². The second-order valence-corrected chi connectivity index (χ2v) is 3.89. The number of aromatic amines is 1. The number of aromatic hydroxyl groups is 1. The number of hydrogen-bond donors (Lipinski definition) is 4. The highest BCUT2D eigenvalue weighted by Gasteiger charge is 2.17. The third-order valence-electron chi connectivity index (χ3n) is 2.46. The van der Waals surface area contributed by atoms with Gasteiger partial charge in [-0.05, 0) is 19.1 Å².